The van der Waals surface area contributed by atoms with Crippen molar-refractivity contribution in [3.8, 4) is 0 Å². The van der Waals surface area contributed by atoms with Gasteiger partial charge in [0.05, 0.1) is 12.5 Å². The summed E-state index contributed by atoms with van der Waals surface area (Å²) in [5.74, 6) is 0.0322. The van der Waals surface area contributed by atoms with Gasteiger partial charge in [-0.05, 0) is 25.3 Å². The topological polar surface area (TPSA) is 52.7 Å². The van der Waals surface area contributed by atoms with Crippen molar-refractivity contribution in [1.29, 1.82) is 0 Å². The molecule has 1 aliphatic heterocycles. The summed E-state index contributed by atoms with van der Waals surface area (Å²) in [5.41, 5.74) is 2.16. The van der Waals surface area contributed by atoms with E-state index in [0.717, 1.165) is 37.8 Å². The Balaban J connectivity index is 1.57. The number of piperazine rings is 1. The van der Waals surface area contributed by atoms with E-state index < -0.39 is 0 Å². The number of hydrogen-bond donors (Lipinski definition) is 1. The maximum absolute atomic E-state index is 12.8. The SMILES string of the molecule is CC(=O)NC(CC(=O)N1CCN(C2CCCC2)CC1)c1ccc(C)cc1. The number of carbonyl (C=O) groups is 2. The first kappa shape index (κ1) is 18.9. The largest absolute Gasteiger partial charge is 0.349 e. The third kappa shape index (κ3) is 4.85. The maximum atomic E-state index is 12.8. The fourth-order valence-electron chi connectivity index (χ4n) is 4.21. The van der Waals surface area contributed by atoms with Crippen molar-refractivity contribution in [2.75, 3.05) is 26.2 Å². The first-order valence-corrected chi connectivity index (χ1v) is 9.88. The number of amides is 2. The number of aryl methyl sites for hydroxylation is 1. The summed E-state index contributed by atoms with van der Waals surface area (Å²) in [6.07, 6.45) is 5.64. The highest BCUT2D eigenvalue weighted by Crippen LogP contribution is 2.25. The van der Waals surface area contributed by atoms with Crippen LogP contribution < -0.4 is 5.32 Å². The zero-order chi connectivity index (χ0) is 18.5. The molecule has 26 heavy (non-hydrogen) atoms. The Kier molecular flexibility index (Phi) is 6.30. The predicted octanol–water partition coefficient (Wildman–Crippen LogP) is 2.65. The molecule has 5 nitrogen and oxygen atoms in total. The van der Waals surface area contributed by atoms with E-state index in [1.54, 1.807) is 0 Å². The molecule has 1 aromatic carbocycles. The van der Waals surface area contributed by atoms with Crippen LogP contribution in [0.3, 0.4) is 0 Å². The molecule has 2 fully saturated rings. The first-order valence-electron chi connectivity index (χ1n) is 9.88. The van der Waals surface area contributed by atoms with Crippen LogP contribution in [0.1, 0.15) is 56.2 Å². The minimum atomic E-state index is -0.256. The summed E-state index contributed by atoms with van der Waals surface area (Å²) in [5, 5.41) is 2.94. The highest BCUT2D eigenvalue weighted by molar-refractivity contribution is 5.79. The molecule has 1 aromatic rings. The summed E-state index contributed by atoms with van der Waals surface area (Å²) < 4.78 is 0. The van der Waals surface area contributed by atoms with Crippen LogP contribution in [-0.4, -0.2) is 53.8 Å². The third-order valence-electron chi connectivity index (χ3n) is 5.74. The van der Waals surface area contributed by atoms with Crippen LogP contribution in [0.5, 0.6) is 0 Å². The number of hydrogen-bond acceptors (Lipinski definition) is 3. The Morgan fingerprint density at radius 3 is 2.27 bits per heavy atom. The van der Waals surface area contributed by atoms with Gasteiger partial charge in [-0.2, -0.15) is 0 Å². The van der Waals surface area contributed by atoms with Crippen molar-refractivity contribution in [2.24, 2.45) is 0 Å². The highest BCUT2D eigenvalue weighted by atomic mass is 16.2. The Morgan fingerprint density at radius 2 is 1.69 bits per heavy atom. The fraction of sp³-hybridized carbons (Fsp3) is 0.619. The summed E-state index contributed by atoms with van der Waals surface area (Å²) in [6, 6.07) is 8.52. The molecule has 1 saturated carbocycles. The highest BCUT2D eigenvalue weighted by Gasteiger charge is 2.29. The van der Waals surface area contributed by atoms with Crippen molar-refractivity contribution < 1.29 is 9.59 Å². The van der Waals surface area contributed by atoms with Gasteiger partial charge in [0.1, 0.15) is 0 Å². The van der Waals surface area contributed by atoms with Crippen LogP contribution in [0.25, 0.3) is 0 Å². The fourth-order valence-corrected chi connectivity index (χ4v) is 4.21. The molecule has 1 aliphatic carbocycles. The molecule has 3 rings (SSSR count). The molecule has 142 valence electrons. The summed E-state index contributed by atoms with van der Waals surface area (Å²) in [6.45, 7) is 7.10. The molecular weight excluding hydrogens is 326 g/mol. The van der Waals surface area contributed by atoms with E-state index in [9.17, 15) is 9.59 Å². The van der Waals surface area contributed by atoms with E-state index in [1.165, 1.54) is 38.2 Å². The van der Waals surface area contributed by atoms with Crippen molar-refractivity contribution in [3.63, 3.8) is 0 Å². The van der Waals surface area contributed by atoms with Gasteiger partial charge in [-0.3, -0.25) is 14.5 Å². The van der Waals surface area contributed by atoms with Gasteiger partial charge in [-0.25, -0.2) is 0 Å². The molecule has 0 bridgehead atoms. The third-order valence-corrected chi connectivity index (χ3v) is 5.74. The molecule has 2 amide bonds. The van der Waals surface area contributed by atoms with Gasteiger partial charge in [0.25, 0.3) is 0 Å². The van der Waals surface area contributed by atoms with Crippen LogP contribution in [0, 0.1) is 6.92 Å². The van der Waals surface area contributed by atoms with E-state index in [2.05, 4.69) is 10.2 Å². The predicted molar refractivity (Wildman–Crippen MR) is 103 cm³/mol. The Hall–Kier alpha value is -1.88. The lowest BCUT2D eigenvalue weighted by molar-refractivity contribution is -0.134. The minimum Gasteiger partial charge on any atom is -0.349 e. The second-order valence-corrected chi connectivity index (χ2v) is 7.72. The van der Waals surface area contributed by atoms with Crippen LogP contribution in [0.4, 0.5) is 0 Å². The Morgan fingerprint density at radius 1 is 1.08 bits per heavy atom. The van der Waals surface area contributed by atoms with Gasteiger partial charge in [-0.15, -0.1) is 0 Å². The van der Waals surface area contributed by atoms with E-state index in [-0.39, 0.29) is 17.9 Å². The van der Waals surface area contributed by atoms with Crippen molar-refractivity contribution in [3.05, 3.63) is 35.4 Å². The average Bonchev–Trinajstić information content (AvgIpc) is 3.16. The number of rotatable bonds is 5. The lowest BCUT2D eigenvalue weighted by Crippen LogP contribution is -2.51. The molecule has 1 atom stereocenters. The van der Waals surface area contributed by atoms with E-state index in [4.69, 9.17) is 0 Å². The summed E-state index contributed by atoms with van der Waals surface area (Å²) in [7, 11) is 0. The molecule has 1 heterocycles. The molecule has 0 radical (unpaired) electrons. The van der Waals surface area contributed by atoms with Gasteiger partial charge in [-0.1, -0.05) is 42.7 Å². The van der Waals surface area contributed by atoms with Gasteiger partial charge < -0.3 is 10.2 Å². The van der Waals surface area contributed by atoms with Crippen LogP contribution >= 0.6 is 0 Å². The van der Waals surface area contributed by atoms with Crippen molar-refractivity contribution in [2.45, 2.75) is 58.0 Å². The number of benzene rings is 1. The zero-order valence-electron chi connectivity index (χ0n) is 16.0. The average molecular weight is 357 g/mol. The van der Waals surface area contributed by atoms with Gasteiger partial charge in [0, 0.05) is 39.1 Å². The Bertz CT molecular complexity index is 615. The molecule has 1 N–H and O–H groups in total. The lowest BCUT2D eigenvalue weighted by Gasteiger charge is -2.38. The molecule has 1 unspecified atom stereocenters. The summed E-state index contributed by atoms with van der Waals surface area (Å²) in [4.78, 5) is 28.9. The molecule has 1 saturated heterocycles. The van der Waals surface area contributed by atoms with Crippen molar-refractivity contribution >= 4 is 11.8 Å². The normalized spacial score (nSPS) is 20.2. The van der Waals surface area contributed by atoms with E-state index >= 15 is 0 Å². The number of nitrogens with zero attached hydrogens (tertiary/aromatic N) is 2. The molecular formula is C21H31N3O2. The molecule has 0 aromatic heterocycles. The number of carbonyl (C=O) groups excluding carboxylic acids is 2. The lowest BCUT2D eigenvalue weighted by atomic mass is 10.0. The molecule has 5 heteroatoms. The number of nitrogens with one attached hydrogen (secondary N) is 1. The second kappa shape index (κ2) is 8.67. The molecule has 2 aliphatic rings. The monoisotopic (exact) mass is 357 g/mol. The van der Waals surface area contributed by atoms with Gasteiger partial charge in [0.2, 0.25) is 11.8 Å². The van der Waals surface area contributed by atoms with E-state index in [1.807, 2.05) is 36.1 Å². The maximum Gasteiger partial charge on any atom is 0.225 e. The standard InChI is InChI=1S/C21H31N3O2/c1-16-7-9-18(10-8-16)20(22-17(2)25)15-21(26)24-13-11-23(12-14-24)19-5-3-4-6-19/h7-10,19-20H,3-6,11-15H2,1-2H3,(H,22,25). The first-order chi connectivity index (χ1) is 12.5. The van der Waals surface area contributed by atoms with Crippen LogP contribution in [-0.2, 0) is 9.59 Å². The van der Waals surface area contributed by atoms with Gasteiger partial charge >= 0.3 is 0 Å². The van der Waals surface area contributed by atoms with E-state index in [0.29, 0.717) is 6.42 Å². The zero-order valence-corrected chi connectivity index (χ0v) is 16.0. The second-order valence-electron chi connectivity index (χ2n) is 7.72. The molecule has 0 spiro atoms. The smallest absolute Gasteiger partial charge is 0.225 e. The van der Waals surface area contributed by atoms with Crippen LogP contribution in [0.2, 0.25) is 0 Å². The Labute approximate surface area is 156 Å². The van der Waals surface area contributed by atoms with Gasteiger partial charge in [0.15, 0.2) is 0 Å². The summed E-state index contributed by atoms with van der Waals surface area (Å²) >= 11 is 0. The quantitative estimate of drug-likeness (QED) is 0.881. The van der Waals surface area contributed by atoms with Crippen LogP contribution in [0.15, 0.2) is 24.3 Å². The van der Waals surface area contributed by atoms with Crippen molar-refractivity contribution in [1.82, 2.24) is 15.1 Å². The minimum absolute atomic E-state index is 0.102.